The van der Waals surface area contributed by atoms with Crippen molar-refractivity contribution in [3.05, 3.63) is 70.0 Å². The van der Waals surface area contributed by atoms with Gasteiger partial charge in [-0.3, -0.25) is 4.98 Å². The Morgan fingerprint density at radius 3 is 2.11 bits per heavy atom. The molecule has 0 aliphatic heterocycles. The zero-order chi connectivity index (χ0) is 25.7. The van der Waals surface area contributed by atoms with E-state index in [1.165, 1.54) is 24.8 Å². The molecule has 2 nitrogen and oxygen atoms in total. The smallest absolute Gasteiger partial charge is 0.388 e. The molecule has 3 aliphatic rings. The minimum atomic E-state index is -4.37. The van der Waals surface area contributed by atoms with Crippen molar-refractivity contribution in [1.82, 2.24) is 4.98 Å². The number of fused-ring (bicyclic) bond motifs is 1. The molecule has 36 heavy (non-hydrogen) atoms. The molecule has 0 saturated heterocycles. The van der Waals surface area contributed by atoms with E-state index >= 15 is 0 Å². The van der Waals surface area contributed by atoms with Crippen molar-refractivity contribution in [2.75, 3.05) is 0 Å². The lowest BCUT2D eigenvalue weighted by atomic mass is 9.68. The SMILES string of the molecule is C=C(c1ccc(C(F)(F)F)cc1)c1c(C2CCCC2)nc2c(c1C1CCCCC1)[C@@H](O)CC(C)(C)C2. The Hall–Kier alpha value is -2.14. The van der Waals surface area contributed by atoms with Crippen LogP contribution in [0.2, 0.25) is 0 Å². The molecule has 1 aromatic heterocycles. The Bertz CT molecular complexity index is 1120. The normalized spacial score (nSPS) is 23.0. The number of hydrogen-bond acceptors (Lipinski definition) is 2. The van der Waals surface area contributed by atoms with Crippen molar-refractivity contribution in [2.45, 2.75) is 109 Å². The van der Waals surface area contributed by atoms with E-state index in [1.54, 1.807) is 12.1 Å². The molecule has 1 aromatic carbocycles. The zero-order valence-corrected chi connectivity index (χ0v) is 21.6. The maximum absolute atomic E-state index is 13.3. The topological polar surface area (TPSA) is 33.1 Å². The Morgan fingerprint density at radius 2 is 1.50 bits per heavy atom. The van der Waals surface area contributed by atoms with Crippen LogP contribution in [0.15, 0.2) is 30.8 Å². The second-order valence-corrected chi connectivity index (χ2v) is 12.1. The van der Waals surface area contributed by atoms with Crippen LogP contribution in [0, 0.1) is 5.41 Å². The summed E-state index contributed by atoms with van der Waals surface area (Å²) >= 11 is 0. The number of hydrogen-bond donors (Lipinski definition) is 1. The molecule has 0 amide bonds. The van der Waals surface area contributed by atoms with Crippen molar-refractivity contribution < 1.29 is 18.3 Å². The summed E-state index contributed by atoms with van der Waals surface area (Å²) in [7, 11) is 0. The van der Waals surface area contributed by atoms with Crippen molar-refractivity contribution in [3.8, 4) is 0 Å². The molecule has 0 bridgehead atoms. The molecule has 1 N–H and O–H groups in total. The minimum absolute atomic E-state index is 0.0256. The van der Waals surface area contributed by atoms with Gasteiger partial charge in [0, 0.05) is 22.7 Å². The fourth-order valence-electron chi connectivity index (χ4n) is 6.98. The van der Waals surface area contributed by atoms with Crippen LogP contribution in [0.4, 0.5) is 13.2 Å². The number of aliphatic hydroxyl groups is 1. The molecular formula is C31H38F3NO. The first kappa shape index (κ1) is 25.5. The summed E-state index contributed by atoms with van der Waals surface area (Å²) in [4.78, 5) is 5.30. The fraction of sp³-hybridized carbons (Fsp3) is 0.581. The van der Waals surface area contributed by atoms with Gasteiger partial charge in [0.2, 0.25) is 0 Å². The van der Waals surface area contributed by atoms with Crippen LogP contribution < -0.4 is 0 Å². The monoisotopic (exact) mass is 497 g/mol. The fourth-order valence-corrected chi connectivity index (χ4v) is 6.98. The molecule has 0 spiro atoms. The van der Waals surface area contributed by atoms with E-state index < -0.39 is 17.8 Å². The summed E-state index contributed by atoms with van der Waals surface area (Å²) in [5, 5.41) is 11.5. The first-order valence-electron chi connectivity index (χ1n) is 13.7. The summed E-state index contributed by atoms with van der Waals surface area (Å²) in [5.41, 5.74) is 6.09. The Kier molecular flexibility index (Phi) is 6.82. The van der Waals surface area contributed by atoms with Crippen molar-refractivity contribution in [3.63, 3.8) is 0 Å². The third-order valence-electron chi connectivity index (χ3n) is 8.72. The highest BCUT2D eigenvalue weighted by Crippen LogP contribution is 2.51. The quantitative estimate of drug-likeness (QED) is 0.458. The van der Waals surface area contributed by atoms with Gasteiger partial charge in [0.1, 0.15) is 0 Å². The van der Waals surface area contributed by atoms with Crippen LogP contribution in [0.25, 0.3) is 5.57 Å². The second-order valence-electron chi connectivity index (χ2n) is 12.1. The maximum Gasteiger partial charge on any atom is 0.416 e. The highest BCUT2D eigenvalue weighted by molar-refractivity contribution is 5.82. The van der Waals surface area contributed by atoms with E-state index in [-0.39, 0.29) is 5.41 Å². The second kappa shape index (κ2) is 9.63. The lowest BCUT2D eigenvalue weighted by Gasteiger charge is -2.39. The molecule has 5 heteroatoms. The van der Waals surface area contributed by atoms with Crippen LogP contribution in [-0.2, 0) is 12.6 Å². The molecule has 2 fully saturated rings. The van der Waals surface area contributed by atoms with E-state index in [9.17, 15) is 18.3 Å². The van der Waals surface area contributed by atoms with E-state index in [1.807, 2.05) is 0 Å². The number of aromatic nitrogens is 1. The van der Waals surface area contributed by atoms with Gasteiger partial charge in [-0.25, -0.2) is 0 Å². The summed E-state index contributed by atoms with van der Waals surface area (Å²) in [5.74, 6) is 0.661. The van der Waals surface area contributed by atoms with Crippen LogP contribution >= 0.6 is 0 Å². The average Bonchev–Trinajstić information content (AvgIpc) is 3.37. The van der Waals surface area contributed by atoms with Crippen molar-refractivity contribution in [2.24, 2.45) is 5.41 Å². The van der Waals surface area contributed by atoms with Gasteiger partial charge in [0.25, 0.3) is 0 Å². The number of halogens is 3. The first-order chi connectivity index (χ1) is 17.0. The van der Waals surface area contributed by atoms with Crippen LogP contribution in [0.3, 0.4) is 0 Å². The summed E-state index contributed by atoms with van der Waals surface area (Å²) in [6.45, 7) is 8.87. The van der Waals surface area contributed by atoms with E-state index in [0.717, 1.165) is 85.2 Å². The van der Waals surface area contributed by atoms with E-state index in [2.05, 4.69) is 20.4 Å². The number of pyridine rings is 1. The summed E-state index contributed by atoms with van der Waals surface area (Å²) in [6, 6.07) is 5.40. The number of aliphatic hydroxyl groups excluding tert-OH is 1. The van der Waals surface area contributed by atoms with Crippen LogP contribution in [0.5, 0.6) is 0 Å². The number of alkyl halides is 3. The Labute approximate surface area is 213 Å². The van der Waals surface area contributed by atoms with Gasteiger partial charge < -0.3 is 5.11 Å². The van der Waals surface area contributed by atoms with Gasteiger partial charge in [-0.2, -0.15) is 13.2 Å². The first-order valence-corrected chi connectivity index (χ1v) is 13.7. The van der Waals surface area contributed by atoms with Crippen molar-refractivity contribution >= 4 is 5.57 Å². The lowest BCUT2D eigenvalue weighted by Crippen LogP contribution is -2.30. The Balaban J connectivity index is 1.72. The average molecular weight is 498 g/mol. The largest absolute Gasteiger partial charge is 0.416 e. The van der Waals surface area contributed by atoms with Crippen LogP contribution in [-0.4, -0.2) is 10.1 Å². The molecule has 1 atom stereocenters. The van der Waals surface area contributed by atoms with Gasteiger partial charge in [-0.1, -0.05) is 64.7 Å². The minimum Gasteiger partial charge on any atom is -0.388 e. The number of benzene rings is 1. The predicted molar refractivity (Wildman–Crippen MR) is 138 cm³/mol. The highest BCUT2D eigenvalue weighted by atomic mass is 19.4. The van der Waals surface area contributed by atoms with Gasteiger partial charge in [-0.15, -0.1) is 0 Å². The third kappa shape index (κ3) is 4.88. The van der Waals surface area contributed by atoms with Crippen LogP contribution in [0.1, 0.15) is 135 Å². The standard InChI is InChI=1S/C31H38F3NO/c1-19(20-13-15-23(16-14-20)31(32,33)34)26-27(21-9-5-4-6-10-21)28-24(17-30(2,3)18-25(28)36)35-29(26)22-11-7-8-12-22/h13-16,21-22,25,36H,1,4-12,17-18H2,2-3H3/t25-/m0/s1. The Morgan fingerprint density at radius 1 is 0.917 bits per heavy atom. The molecule has 0 unspecified atom stereocenters. The molecule has 3 aliphatic carbocycles. The molecule has 2 saturated carbocycles. The van der Waals surface area contributed by atoms with Gasteiger partial charge >= 0.3 is 6.18 Å². The molecule has 2 aromatic rings. The summed E-state index contributed by atoms with van der Waals surface area (Å²) < 4.78 is 39.8. The molecule has 1 heterocycles. The van der Waals surface area contributed by atoms with Gasteiger partial charge in [0.05, 0.1) is 17.4 Å². The predicted octanol–water partition coefficient (Wildman–Crippen LogP) is 8.87. The van der Waals surface area contributed by atoms with Gasteiger partial charge in [0.15, 0.2) is 0 Å². The number of nitrogens with zero attached hydrogens (tertiary/aromatic N) is 1. The lowest BCUT2D eigenvalue weighted by molar-refractivity contribution is -0.137. The zero-order valence-electron chi connectivity index (χ0n) is 21.6. The molecule has 5 rings (SSSR count). The number of rotatable bonds is 4. The maximum atomic E-state index is 13.3. The molecule has 194 valence electrons. The summed E-state index contributed by atoms with van der Waals surface area (Å²) in [6.07, 6.45) is 6.77. The molecule has 0 radical (unpaired) electrons. The van der Waals surface area contributed by atoms with E-state index in [0.29, 0.717) is 23.8 Å². The highest BCUT2D eigenvalue weighted by Gasteiger charge is 2.39. The van der Waals surface area contributed by atoms with Crippen molar-refractivity contribution in [1.29, 1.82) is 0 Å². The van der Waals surface area contributed by atoms with Gasteiger partial charge in [-0.05, 0) is 78.7 Å². The van der Waals surface area contributed by atoms with E-state index in [4.69, 9.17) is 4.98 Å². The third-order valence-corrected chi connectivity index (χ3v) is 8.72. The molecular weight excluding hydrogens is 459 g/mol.